The number of nitrogens with zero attached hydrogens (tertiary/aromatic N) is 1. The third-order valence-electron chi connectivity index (χ3n) is 7.10. The van der Waals surface area contributed by atoms with Gasteiger partial charge in [-0.2, -0.15) is 5.06 Å². The Morgan fingerprint density at radius 3 is 2.48 bits per heavy atom. The topological polar surface area (TPSA) is 112 Å². The minimum Gasteiger partial charge on any atom is -0.508 e. The molecule has 1 aliphatic heterocycles. The van der Waals surface area contributed by atoms with E-state index in [-0.39, 0.29) is 35.2 Å². The highest BCUT2D eigenvalue weighted by Gasteiger charge is 2.56. The molecule has 7 nitrogen and oxygen atoms in total. The first kappa shape index (κ1) is 19.6. The van der Waals surface area contributed by atoms with Crippen LogP contribution in [-0.2, 0) is 19.2 Å². The fourth-order valence-corrected chi connectivity index (χ4v) is 5.58. The van der Waals surface area contributed by atoms with Gasteiger partial charge in [0.25, 0.3) is 11.8 Å². The summed E-state index contributed by atoms with van der Waals surface area (Å²) in [5.41, 5.74) is 3.33. The van der Waals surface area contributed by atoms with Gasteiger partial charge in [0.05, 0.1) is 11.8 Å². The fourth-order valence-electron chi connectivity index (χ4n) is 5.58. The third kappa shape index (κ3) is 2.63. The maximum atomic E-state index is 13.2. The Labute approximate surface area is 178 Å². The standard InChI is InChI=1S/C24H21NO6/c1-10-7-12(3-6-17(10)26)19-13-4-5-14-20(24(30)25(31)23(14)29)15(13)9-16-18(27)8-11(2)22(28)21(16)19/h3-4,6-8,14-15,19-20,26,31H,5,9H2,1-2H3. The lowest BCUT2D eigenvalue weighted by Gasteiger charge is -2.42. The van der Waals surface area contributed by atoms with E-state index in [0.29, 0.717) is 22.3 Å². The van der Waals surface area contributed by atoms with E-state index in [2.05, 4.69) is 0 Å². The Kier molecular flexibility index (Phi) is 4.17. The molecule has 0 radical (unpaired) electrons. The minimum absolute atomic E-state index is 0.123. The predicted octanol–water partition coefficient (Wildman–Crippen LogP) is 2.52. The van der Waals surface area contributed by atoms with E-state index in [1.807, 2.05) is 6.08 Å². The first-order chi connectivity index (χ1) is 14.7. The molecule has 0 saturated carbocycles. The molecule has 5 rings (SSSR count). The van der Waals surface area contributed by atoms with Crippen LogP contribution < -0.4 is 0 Å². The van der Waals surface area contributed by atoms with E-state index in [1.165, 1.54) is 6.08 Å². The number of benzene rings is 1. The van der Waals surface area contributed by atoms with Crippen molar-refractivity contribution in [2.75, 3.05) is 0 Å². The van der Waals surface area contributed by atoms with Gasteiger partial charge >= 0.3 is 0 Å². The lowest BCUT2D eigenvalue weighted by atomic mass is 9.59. The first-order valence-electron chi connectivity index (χ1n) is 10.3. The Morgan fingerprint density at radius 2 is 1.77 bits per heavy atom. The van der Waals surface area contributed by atoms with E-state index in [1.54, 1.807) is 32.0 Å². The second kappa shape index (κ2) is 6.59. The SMILES string of the molecule is CC1=CC(=O)C2=C(C1=O)C(c1ccc(O)c(C)c1)C1=CCC3C(=O)N(O)C(=O)C3C1C2. The summed E-state index contributed by atoms with van der Waals surface area (Å²) in [6.45, 7) is 3.37. The summed E-state index contributed by atoms with van der Waals surface area (Å²) in [5.74, 6) is -4.06. The molecule has 31 heavy (non-hydrogen) atoms. The van der Waals surface area contributed by atoms with Gasteiger partial charge in [-0.05, 0) is 55.9 Å². The summed E-state index contributed by atoms with van der Waals surface area (Å²) >= 11 is 0. The predicted molar refractivity (Wildman–Crippen MR) is 108 cm³/mol. The second-order valence-electron chi connectivity index (χ2n) is 8.76. The van der Waals surface area contributed by atoms with Crippen LogP contribution in [0.4, 0.5) is 0 Å². The molecule has 1 aromatic rings. The molecule has 0 spiro atoms. The summed E-state index contributed by atoms with van der Waals surface area (Å²) in [5, 5.41) is 20.1. The van der Waals surface area contributed by atoms with Crippen molar-refractivity contribution in [3.63, 3.8) is 0 Å². The molecule has 1 aromatic carbocycles. The maximum Gasteiger partial charge on any atom is 0.257 e. The summed E-state index contributed by atoms with van der Waals surface area (Å²) in [6, 6.07) is 5.06. The summed E-state index contributed by atoms with van der Waals surface area (Å²) in [6.07, 6.45) is 3.68. The van der Waals surface area contributed by atoms with Crippen LogP contribution in [0.3, 0.4) is 0 Å². The molecule has 7 heteroatoms. The number of imide groups is 1. The smallest absolute Gasteiger partial charge is 0.257 e. The number of carbonyl (C=O) groups excluding carboxylic acids is 4. The largest absolute Gasteiger partial charge is 0.508 e. The van der Waals surface area contributed by atoms with E-state index in [9.17, 15) is 29.5 Å². The van der Waals surface area contributed by atoms with Crippen LogP contribution in [0, 0.1) is 24.7 Å². The van der Waals surface area contributed by atoms with Gasteiger partial charge in [0, 0.05) is 22.6 Å². The third-order valence-corrected chi connectivity index (χ3v) is 7.10. The number of ketones is 2. The number of aromatic hydroxyl groups is 1. The van der Waals surface area contributed by atoms with E-state index in [4.69, 9.17) is 0 Å². The number of phenolic OH excluding ortho intramolecular Hbond substituents is 1. The molecule has 2 amide bonds. The van der Waals surface area contributed by atoms with E-state index < -0.39 is 35.5 Å². The zero-order chi connectivity index (χ0) is 22.2. The van der Waals surface area contributed by atoms with Crippen molar-refractivity contribution >= 4 is 23.4 Å². The van der Waals surface area contributed by atoms with Gasteiger partial charge < -0.3 is 5.11 Å². The molecule has 4 unspecified atom stereocenters. The molecular weight excluding hydrogens is 398 g/mol. The summed E-state index contributed by atoms with van der Waals surface area (Å²) in [7, 11) is 0. The number of carbonyl (C=O) groups is 4. The zero-order valence-electron chi connectivity index (χ0n) is 17.1. The molecular formula is C24H21NO6. The van der Waals surface area contributed by atoms with Gasteiger partial charge in [-0.1, -0.05) is 23.8 Å². The van der Waals surface area contributed by atoms with Crippen molar-refractivity contribution in [3.05, 3.63) is 63.8 Å². The van der Waals surface area contributed by atoms with Crippen molar-refractivity contribution in [2.24, 2.45) is 17.8 Å². The molecule has 158 valence electrons. The molecule has 1 heterocycles. The molecule has 1 saturated heterocycles. The number of allylic oxidation sites excluding steroid dienone is 6. The Morgan fingerprint density at radius 1 is 1.03 bits per heavy atom. The lowest BCUT2D eigenvalue weighted by Crippen LogP contribution is -2.39. The first-order valence-corrected chi connectivity index (χ1v) is 10.3. The van der Waals surface area contributed by atoms with Crippen LogP contribution in [-0.4, -0.2) is 38.8 Å². The van der Waals surface area contributed by atoms with Crippen LogP contribution >= 0.6 is 0 Å². The number of fused-ring (bicyclic) bond motifs is 3. The van der Waals surface area contributed by atoms with Crippen molar-refractivity contribution in [1.82, 2.24) is 5.06 Å². The molecule has 3 aliphatic carbocycles. The lowest BCUT2D eigenvalue weighted by molar-refractivity contribution is -0.173. The Bertz CT molecular complexity index is 1190. The molecule has 4 atom stereocenters. The average molecular weight is 419 g/mol. The van der Waals surface area contributed by atoms with Gasteiger partial charge in [0.1, 0.15) is 5.75 Å². The van der Waals surface area contributed by atoms with Crippen molar-refractivity contribution < 1.29 is 29.5 Å². The van der Waals surface area contributed by atoms with Crippen molar-refractivity contribution in [3.8, 4) is 5.75 Å². The number of aryl methyl sites for hydroxylation is 1. The molecule has 0 aromatic heterocycles. The highest BCUT2D eigenvalue weighted by molar-refractivity contribution is 6.23. The number of amides is 2. The Balaban J connectivity index is 1.72. The van der Waals surface area contributed by atoms with Crippen LogP contribution in [0.2, 0.25) is 0 Å². The number of phenols is 1. The van der Waals surface area contributed by atoms with Gasteiger partial charge in [0.2, 0.25) is 0 Å². The highest BCUT2D eigenvalue weighted by Crippen LogP contribution is 2.55. The zero-order valence-corrected chi connectivity index (χ0v) is 17.1. The monoisotopic (exact) mass is 419 g/mol. The fraction of sp³-hybridized carbons (Fsp3) is 0.333. The van der Waals surface area contributed by atoms with Gasteiger partial charge in [-0.3, -0.25) is 24.4 Å². The molecule has 2 N–H and O–H groups in total. The molecule has 4 aliphatic rings. The second-order valence-corrected chi connectivity index (χ2v) is 8.76. The quantitative estimate of drug-likeness (QED) is 0.313. The van der Waals surface area contributed by atoms with E-state index in [0.717, 1.165) is 11.1 Å². The number of Topliss-reactive ketones (excluding diaryl/α,β-unsaturated/α-hetero) is 1. The van der Waals surface area contributed by atoms with Crippen molar-refractivity contribution in [1.29, 1.82) is 0 Å². The van der Waals surface area contributed by atoms with Gasteiger partial charge in [0.15, 0.2) is 11.6 Å². The average Bonchev–Trinajstić information content (AvgIpc) is 2.97. The van der Waals surface area contributed by atoms with Crippen LogP contribution in [0.15, 0.2) is 52.6 Å². The van der Waals surface area contributed by atoms with Crippen LogP contribution in [0.25, 0.3) is 0 Å². The highest BCUT2D eigenvalue weighted by atomic mass is 16.5. The Hall–Kier alpha value is -3.32. The number of hydroxylamine groups is 2. The number of hydrogen-bond acceptors (Lipinski definition) is 6. The van der Waals surface area contributed by atoms with Crippen LogP contribution in [0.1, 0.15) is 36.8 Å². The summed E-state index contributed by atoms with van der Waals surface area (Å²) in [4.78, 5) is 51.2. The van der Waals surface area contributed by atoms with Crippen molar-refractivity contribution in [2.45, 2.75) is 32.6 Å². The van der Waals surface area contributed by atoms with Crippen LogP contribution in [0.5, 0.6) is 5.75 Å². The number of hydrogen-bond donors (Lipinski definition) is 2. The molecule has 0 bridgehead atoms. The molecule has 1 fully saturated rings. The van der Waals surface area contributed by atoms with E-state index >= 15 is 0 Å². The minimum atomic E-state index is -0.762. The van der Waals surface area contributed by atoms with Gasteiger partial charge in [-0.25, -0.2) is 0 Å². The summed E-state index contributed by atoms with van der Waals surface area (Å²) < 4.78 is 0. The van der Waals surface area contributed by atoms with Gasteiger partial charge in [-0.15, -0.1) is 0 Å². The number of rotatable bonds is 1. The maximum absolute atomic E-state index is 13.2. The normalized spacial score (nSPS) is 30.1.